The summed E-state index contributed by atoms with van der Waals surface area (Å²) >= 11 is 0. The van der Waals surface area contributed by atoms with Gasteiger partial charge in [-0.2, -0.15) is 13.2 Å². The lowest BCUT2D eigenvalue weighted by Crippen LogP contribution is -2.61. The second-order valence-corrected chi connectivity index (χ2v) is 4.73. The first-order valence-electron chi connectivity index (χ1n) is 6.04. The number of hydrogen-bond donors (Lipinski definition) is 1. The quantitative estimate of drug-likeness (QED) is 0.815. The number of hydrogen-bond acceptors (Lipinski definition) is 3. The van der Waals surface area contributed by atoms with Crippen molar-refractivity contribution >= 4 is 0 Å². The maximum absolute atomic E-state index is 12.3. The maximum Gasteiger partial charge on any atom is 0.389 e. The molecule has 0 aliphatic carbocycles. The Morgan fingerprint density at radius 2 is 2.12 bits per heavy atom. The normalized spacial score (nSPS) is 35.1. The third kappa shape index (κ3) is 3.33. The lowest BCUT2D eigenvalue weighted by molar-refractivity contribution is -0.176. The van der Waals surface area contributed by atoms with E-state index in [1.54, 1.807) is 0 Å². The number of alkyl halides is 3. The lowest BCUT2D eigenvalue weighted by atomic mass is 9.84. The standard InChI is InChI=1S/C11H18F3NO2/c12-11(13,14)4-2-9-10(17-7-5-15-9)3-1-6-16-8-10/h9,15H,1-8H2. The molecule has 2 atom stereocenters. The SMILES string of the molecule is FC(F)(F)CCC1NCCOC12CCCOC2. The Hall–Kier alpha value is -0.330. The van der Waals surface area contributed by atoms with Crippen LogP contribution in [0.4, 0.5) is 13.2 Å². The van der Waals surface area contributed by atoms with Crippen molar-refractivity contribution in [1.82, 2.24) is 5.32 Å². The van der Waals surface area contributed by atoms with Crippen LogP contribution in [0.25, 0.3) is 0 Å². The smallest absolute Gasteiger partial charge is 0.378 e. The summed E-state index contributed by atoms with van der Waals surface area (Å²) in [4.78, 5) is 0. The van der Waals surface area contributed by atoms with Crippen LogP contribution in [0.1, 0.15) is 25.7 Å². The number of halogens is 3. The molecule has 1 N–H and O–H groups in total. The monoisotopic (exact) mass is 253 g/mol. The fourth-order valence-electron chi connectivity index (χ4n) is 2.63. The van der Waals surface area contributed by atoms with Gasteiger partial charge < -0.3 is 14.8 Å². The van der Waals surface area contributed by atoms with Crippen molar-refractivity contribution in [2.75, 3.05) is 26.4 Å². The molecule has 2 rings (SSSR count). The van der Waals surface area contributed by atoms with Gasteiger partial charge in [0.05, 0.1) is 13.2 Å². The molecule has 2 heterocycles. The van der Waals surface area contributed by atoms with Crippen LogP contribution in [0, 0.1) is 0 Å². The predicted molar refractivity (Wildman–Crippen MR) is 55.8 cm³/mol. The van der Waals surface area contributed by atoms with E-state index in [0.717, 1.165) is 12.8 Å². The summed E-state index contributed by atoms with van der Waals surface area (Å²) in [7, 11) is 0. The molecule has 3 nitrogen and oxygen atoms in total. The second kappa shape index (κ2) is 5.12. The molecule has 0 aromatic heterocycles. The van der Waals surface area contributed by atoms with E-state index >= 15 is 0 Å². The Kier molecular flexibility index (Phi) is 3.95. The van der Waals surface area contributed by atoms with Gasteiger partial charge in [-0.25, -0.2) is 0 Å². The van der Waals surface area contributed by atoms with Gasteiger partial charge in [0.15, 0.2) is 0 Å². The fourth-order valence-corrected chi connectivity index (χ4v) is 2.63. The minimum absolute atomic E-state index is 0.0624. The van der Waals surface area contributed by atoms with Crippen LogP contribution in [0.3, 0.4) is 0 Å². The van der Waals surface area contributed by atoms with Crippen molar-refractivity contribution in [3.8, 4) is 0 Å². The summed E-state index contributed by atoms with van der Waals surface area (Å²) in [6.45, 7) is 2.25. The number of nitrogens with one attached hydrogen (secondary N) is 1. The first-order chi connectivity index (χ1) is 8.02. The van der Waals surface area contributed by atoms with Crippen LogP contribution in [-0.4, -0.2) is 44.2 Å². The summed E-state index contributed by atoms with van der Waals surface area (Å²) in [6.07, 6.45) is -3.18. The van der Waals surface area contributed by atoms with Crippen LogP contribution < -0.4 is 5.32 Å². The third-order valence-corrected chi connectivity index (χ3v) is 3.47. The minimum Gasteiger partial charge on any atom is -0.378 e. The summed E-state index contributed by atoms with van der Waals surface area (Å²) in [6, 6.07) is -0.252. The van der Waals surface area contributed by atoms with Gasteiger partial charge in [0.2, 0.25) is 0 Å². The van der Waals surface area contributed by atoms with Crippen molar-refractivity contribution in [2.45, 2.75) is 43.5 Å². The number of ether oxygens (including phenoxy) is 2. The molecule has 2 aliphatic rings. The highest BCUT2D eigenvalue weighted by Crippen LogP contribution is 2.33. The van der Waals surface area contributed by atoms with Gasteiger partial charge in [0.1, 0.15) is 5.60 Å². The molecule has 100 valence electrons. The molecule has 0 saturated carbocycles. The molecule has 0 aromatic carbocycles. The summed E-state index contributed by atoms with van der Waals surface area (Å²) in [5.74, 6) is 0. The summed E-state index contributed by atoms with van der Waals surface area (Å²) in [5.41, 5.74) is -0.540. The highest BCUT2D eigenvalue weighted by molar-refractivity contribution is 4.97. The fraction of sp³-hybridized carbons (Fsp3) is 1.00. The van der Waals surface area contributed by atoms with E-state index in [0.29, 0.717) is 26.4 Å². The van der Waals surface area contributed by atoms with Crippen LogP contribution >= 0.6 is 0 Å². The average molecular weight is 253 g/mol. The Morgan fingerprint density at radius 3 is 2.76 bits per heavy atom. The topological polar surface area (TPSA) is 30.5 Å². The third-order valence-electron chi connectivity index (χ3n) is 3.47. The maximum atomic E-state index is 12.3. The molecule has 2 fully saturated rings. The van der Waals surface area contributed by atoms with Crippen LogP contribution in [0.15, 0.2) is 0 Å². The van der Waals surface area contributed by atoms with E-state index < -0.39 is 18.2 Å². The molecule has 1 spiro atoms. The van der Waals surface area contributed by atoms with Gasteiger partial charge in [-0.1, -0.05) is 0 Å². The summed E-state index contributed by atoms with van der Waals surface area (Å²) < 4.78 is 47.9. The molecule has 17 heavy (non-hydrogen) atoms. The predicted octanol–water partition coefficient (Wildman–Crippen LogP) is 1.87. The zero-order valence-electron chi connectivity index (χ0n) is 9.68. The van der Waals surface area contributed by atoms with Crippen molar-refractivity contribution in [3.05, 3.63) is 0 Å². The Labute approximate surface area is 98.7 Å². The Balaban J connectivity index is 1.96. The molecule has 6 heteroatoms. The van der Waals surface area contributed by atoms with E-state index in [9.17, 15) is 13.2 Å². The van der Waals surface area contributed by atoms with Crippen LogP contribution in [0.2, 0.25) is 0 Å². The van der Waals surface area contributed by atoms with E-state index in [4.69, 9.17) is 9.47 Å². The van der Waals surface area contributed by atoms with E-state index in [-0.39, 0.29) is 12.5 Å². The molecule has 2 aliphatic heterocycles. The lowest BCUT2D eigenvalue weighted by Gasteiger charge is -2.46. The summed E-state index contributed by atoms with van der Waals surface area (Å²) in [5, 5.41) is 3.15. The highest BCUT2D eigenvalue weighted by Gasteiger charge is 2.44. The van der Waals surface area contributed by atoms with Crippen molar-refractivity contribution < 1.29 is 22.6 Å². The molecule has 0 bridgehead atoms. The number of morpholine rings is 1. The van der Waals surface area contributed by atoms with Gasteiger partial charge in [-0.05, 0) is 19.3 Å². The van der Waals surface area contributed by atoms with Crippen LogP contribution in [-0.2, 0) is 9.47 Å². The van der Waals surface area contributed by atoms with Crippen molar-refractivity contribution in [2.24, 2.45) is 0 Å². The average Bonchev–Trinajstić information content (AvgIpc) is 2.28. The van der Waals surface area contributed by atoms with Gasteiger partial charge in [-0.3, -0.25) is 0 Å². The van der Waals surface area contributed by atoms with Crippen molar-refractivity contribution in [3.63, 3.8) is 0 Å². The molecule has 0 radical (unpaired) electrons. The zero-order chi connectivity index (χ0) is 12.4. The Bertz CT molecular complexity index is 243. The highest BCUT2D eigenvalue weighted by atomic mass is 19.4. The van der Waals surface area contributed by atoms with Gasteiger partial charge in [0, 0.05) is 25.6 Å². The van der Waals surface area contributed by atoms with E-state index in [1.165, 1.54) is 0 Å². The molecule has 0 aromatic rings. The molecular weight excluding hydrogens is 235 g/mol. The first-order valence-corrected chi connectivity index (χ1v) is 6.04. The zero-order valence-corrected chi connectivity index (χ0v) is 9.68. The second-order valence-electron chi connectivity index (χ2n) is 4.73. The van der Waals surface area contributed by atoms with Gasteiger partial charge >= 0.3 is 6.18 Å². The molecular formula is C11H18F3NO2. The molecule has 0 amide bonds. The van der Waals surface area contributed by atoms with Crippen molar-refractivity contribution in [1.29, 1.82) is 0 Å². The minimum atomic E-state index is -4.10. The van der Waals surface area contributed by atoms with E-state index in [2.05, 4.69) is 5.32 Å². The van der Waals surface area contributed by atoms with Crippen LogP contribution in [0.5, 0.6) is 0 Å². The van der Waals surface area contributed by atoms with E-state index in [1.807, 2.05) is 0 Å². The molecule has 2 unspecified atom stereocenters. The van der Waals surface area contributed by atoms with Gasteiger partial charge in [0.25, 0.3) is 0 Å². The Morgan fingerprint density at radius 1 is 1.29 bits per heavy atom. The largest absolute Gasteiger partial charge is 0.389 e. The molecule has 2 saturated heterocycles. The van der Waals surface area contributed by atoms with Gasteiger partial charge in [-0.15, -0.1) is 0 Å². The number of rotatable bonds is 2. The first kappa shape index (κ1) is 13.1.